The molecule has 3 aliphatic heterocycles. The lowest BCUT2D eigenvalue weighted by Crippen LogP contribution is -2.55. The largest absolute Gasteiger partial charge is 0.378 e. The average molecular weight is 527 g/mol. The van der Waals surface area contributed by atoms with Gasteiger partial charge in [-0.3, -0.25) is 4.79 Å². The summed E-state index contributed by atoms with van der Waals surface area (Å²) in [6.07, 6.45) is 5.17. The van der Waals surface area contributed by atoms with Crippen LogP contribution in [0.25, 0.3) is 0 Å². The van der Waals surface area contributed by atoms with Gasteiger partial charge < -0.3 is 19.4 Å². The second kappa shape index (κ2) is 11.5. The van der Waals surface area contributed by atoms with Crippen molar-refractivity contribution < 1.29 is 23.1 Å². The number of anilines is 1. The molecule has 200 valence electrons. The summed E-state index contributed by atoms with van der Waals surface area (Å²) in [5, 5.41) is 14.3. The summed E-state index contributed by atoms with van der Waals surface area (Å²) in [7, 11) is 1.56. The molecule has 0 unspecified atom stereocenters. The van der Waals surface area contributed by atoms with Crippen molar-refractivity contribution in [3.05, 3.63) is 53.4 Å². The maximum absolute atomic E-state index is 14.3. The number of urea groups is 1. The predicted octanol–water partition coefficient (Wildman–Crippen LogP) is 2.27. The number of likely N-dealkylation sites (tertiary alicyclic amines) is 1. The van der Waals surface area contributed by atoms with E-state index in [4.69, 9.17) is 10.00 Å². The van der Waals surface area contributed by atoms with E-state index in [2.05, 4.69) is 21.6 Å². The topological polar surface area (TPSA) is 118 Å². The maximum atomic E-state index is 14.3. The van der Waals surface area contributed by atoms with Gasteiger partial charge in [-0.15, -0.1) is 0 Å². The predicted molar refractivity (Wildman–Crippen MR) is 134 cm³/mol. The highest BCUT2D eigenvalue weighted by molar-refractivity contribution is 5.93. The van der Waals surface area contributed by atoms with Gasteiger partial charge in [-0.1, -0.05) is 6.58 Å². The molecule has 3 amide bonds. The number of hydrazone groups is 1. The smallest absolute Gasteiger partial charge is 0.341 e. The number of aromatic nitrogens is 2. The first-order chi connectivity index (χ1) is 18.2. The summed E-state index contributed by atoms with van der Waals surface area (Å²) in [6, 6.07) is 0.945. The van der Waals surface area contributed by atoms with Crippen LogP contribution in [-0.2, 0) is 4.74 Å². The van der Waals surface area contributed by atoms with Crippen LogP contribution in [0.5, 0.6) is 0 Å². The number of carbonyl (C=O) groups is 2. The molecule has 0 bridgehead atoms. The fourth-order valence-corrected chi connectivity index (χ4v) is 4.27. The first-order valence-electron chi connectivity index (χ1n) is 12.1. The third kappa shape index (κ3) is 5.70. The number of hydrogen-bond donors (Lipinski definition) is 0. The Hall–Kier alpha value is -4.18. The quantitative estimate of drug-likeness (QED) is 0.412. The van der Waals surface area contributed by atoms with E-state index < -0.39 is 23.6 Å². The van der Waals surface area contributed by atoms with Gasteiger partial charge in [0.15, 0.2) is 11.5 Å². The first-order valence-corrected chi connectivity index (χ1v) is 12.1. The Morgan fingerprint density at radius 2 is 1.92 bits per heavy atom. The third-order valence-electron chi connectivity index (χ3n) is 6.54. The van der Waals surface area contributed by atoms with E-state index in [-0.39, 0.29) is 29.4 Å². The average Bonchev–Trinajstić information content (AvgIpc) is 3.38. The van der Waals surface area contributed by atoms with Crippen molar-refractivity contribution in [2.75, 3.05) is 51.3 Å². The van der Waals surface area contributed by atoms with Crippen molar-refractivity contribution in [1.82, 2.24) is 24.8 Å². The fourth-order valence-electron chi connectivity index (χ4n) is 4.27. The number of amides is 3. The number of halogens is 2. The minimum absolute atomic E-state index is 0.0646. The van der Waals surface area contributed by atoms with Crippen LogP contribution in [0, 0.1) is 17.1 Å². The van der Waals surface area contributed by atoms with Crippen molar-refractivity contribution in [3.8, 4) is 6.07 Å². The van der Waals surface area contributed by atoms with Crippen LogP contribution in [0.3, 0.4) is 0 Å². The number of nitrogens with zero attached hydrogens (tertiary/aromatic N) is 8. The zero-order valence-corrected chi connectivity index (χ0v) is 21.2. The number of hydrogen-bond acceptors (Lipinski definition) is 8. The Bertz CT molecular complexity index is 1240. The van der Waals surface area contributed by atoms with Crippen molar-refractivity contribution >= 4 is 24.1 Å². The number of carbonyl (C=O) groups excluding carboxylic acids is 2. The van der Waals surface area contributed by atoms with Gasteiger partial charge in [-0.2, -0.15) is 10.4 Å². The van der Waals surface area contributed by atoms with E-state index >= 15 is 0 Å². The van der Waals surface area contributed by atoms with E-state index in [1.807, 2.05) is 6.07 Å². The first kappa shape index (κ1) is 26.9. The molecule has 0 saturated carbocycles. The lowest BCUT2D eigenvalue weighted by Gasteiger charge is -2.38. The summed E-state index contributed by atoms with van der Waals surface area (Å²) in [4.78, 5) is 38.9. The van der Waals surface area contributed by atoms with Gasteiger partial charge in [0.05, 0.1) is 24.4 Å². The zero-order chi connectivity index (χ0) is 27.4. The van der Waals surface area contributed by atoms with Gasteiger partial charge in [0, 0.05) is 64.6 Å². The highest BCUT2D eigenvalue weighted by Crippen LogP contribution is 2.24. The Morgan fingerprint density at radius 1 is 1.21 bits per heavy atom. The molecule has 38 heavy (non-hydrogen) atoms. The van der Waals surface area contributed by atoms with Gasteiger partial charge in [0.2, 0.25) is 5.95 Å². The molecular weight excluding hydrogens is 498 g/mol. The molecule has 0 aromatic carbocycles. The molecular formula is C25H28F2N8O3. The summed E-state index contributed by atoms with van der Waals surface area (Å²) < 4.78 is 33.7. The highest BCUT2D eigenvalue weighted by Gasteiger charge is 2.35. The van der Waals surface area contributed by atoms with Crippen molar-refractivity contribution in [2.24, 2.45) is 5.10 Å². The molecule has 2 fully saturated rings. The standard InChI is InChI=1S/C25H28F2N8O3/c1-16(12-28)10-18(26)11-17(2)21-4-5-30-35(21)25(37)33-8-6-32(7-9-33)24-29-13-20(27)22(31-24)23(36)34-14-19(15-34)38-3/h5,10-11,13,19,21H,2,4,6-9,14-15H2,1,3H3/b16-10+,18-11+/t21-/m0/s1. The Labute approximate surface area is 219 Å². The SMILES string of the molecule is C=C(/C=C(F)\C=C(/C)C#N)[C@@H]1CC=NN1C(=O)N1CCN(c2ncc(F)c(C(=O)N3CC(OC)C3)n2)CC1. The lowest BCUT2D eigenvalue weighted by atomic mass is 10.1. The molecule has 1 atom stereocenters. The monoisotopic (exact) mass is 526 g/mol. The molecule has 11 nitrogen and oxygen atoms in total. The summed E-state index contributed by atoms with van der Waals surface area (Å²) in [5.41, 5.74) is 0.266. The fraction of sp³-hybridized carbons (Fsp3) is 0.440. The zero-order valence-electron chi connectivity index (χ0n) is 21.2. The van der Waals surface area contributed by atoms with E-state index in [0.29, 0.717) is 51.3 Å². The van der Waals surface area contributed by atoms with Crippen molar-refractivity contribution in [1.29, 1.82) is 5.26 Å². The number of methoxy groups -OCH3 is 1. The molecule has 13 heteroatoms. The van der Waals surface area contributed by atoms with Gasteiger partial charge in [0.25, 0.3) is 5.91 Å². The summed E-state index contributed by atoms with van der Waals surface area (Å²) in [5.74, 6) is -1.74. The minimum Gasteiger partial charge on any atom is -0.378 e. The van der Waals surface area contributed by atoms with Crippen LogP contribution in [0.2, 0.25) is 0 Å². The van der Waals surface area contributed by atoms with Gasteiger partial charge in [0.1, 0.15) is 5.83 Å². The van der Waals surface area contributed by atoms with E-state index in [9.17, 15) is 18.4 Å². The van der Waals surface area contributed by atoms with Gasteiger partial charge in [-0.25, -0.2) is 28.6 Å². The lowest BCUT2D eigenvalue weighted by molar-refractivity contribution is -0.0197. The summed E-state index contributed by atoms with van der Waals surface area (Å²) >= 11 is 0. The van der Waals surface area contributed by atoms with E-state index in [1.54, 1.807) is 23.1 Å². The Morgan fingerprint density at radius 3 is 2.58 bits per heavy atom. The van der Waals surface area contributed by atoms with Gasteiger partial charge in [-0.05, 0) is 24.6 Å². The van der Waals surface area contributed by atoms with E-state index in [1.165, 1.54) is 22.9 Å². The normalized spacial score (nSPS) is 20.4. The molecule has 2 saturated heterocycles. The minimum atomic E-state index is -0.796. The molecule has 1 aromatic heterocycles. The highest BCUT2D eigenvalue weighted by atomic mass is 19.1. The molecule has 0 radical (unpaired) electrons. The van der Waals surface area contributed by atoms with E-state index in [0.717, 1.165) is 12.3 Å². The van der Waals surface area contributed by atoms with Crippen molar-refractivity contribution in [3.63, 3.8) is 0 Å². The molecule has 0 N–H and O–H groups in total. The summed E-state index contributed by atoms with van der Waals surface area (Å²) in [6.45, 7) is 7.46. The molecule has 0 spiro atoms. The number of ether oxygens (including phenoxy) is 1. The number of allylic oxidation sites excluding steroid dienone is 3. The number of piperazine rings is 1. The third-order valence-corrected chi connectivity index (χ3v) is 6.54. The van der Waals surface area contributed by atoms with Crippen LogP contribution < -0.4 is 4.90 Å². The van der Waals surface area contributed by atoms with Crippen LogP contribution in [0.1, 0.15) is 23.8 Å². The molecule has 3 aliphatic rings. The Kier molecular flexibility index (Phi) is 8.11. The molecule has 4 heterocycles. The second-order valence-corrected chi connectivity index (χ2v) is 9.13. The molecule has 0 aliphatic carbocycles. The molecule has 4 rings (SSSR count). The second-order valence-electron chi connectivity index (χ2n) is 9.13. The number of rotatable bonds is 6. The number of nitriles is 1. The van der Waals surface area contributed by atoms with Gasteiger partial charge >= 0.3 is 6.03 Å². The Balaban J connectivity index is 1.37. The van der Waals surface area contributed by atoms with Crippen molar-refractivity contribution in [2.45, 2.75) is 25.5 Å². The molecule has 1 aromatic rings. The maximum Gasteiger partial charge on any atom is 0.341 e. The van der Waals surface area contributed by atoms with Crippen LogP contribution >= 0.6 is 0 Å². The van der Waals surface area contributed by atoms with Crippen LogP contribution in [0.15, 0.2) is 47.0 Å². The van der Waals surface area contributed by atoms with Crippen LogP contribution in [0.4, 0.5) is 19.5 Å². The van der Waals surface area contributed by atoms with Crippen LogP contribution in [-0.4, -0.2) is 101 Å².